The van der Waals surface area contributed by atoms with Crippen molar-refractivity contribution in [1.82, 2.24) is 4.90 Å². The molecule has 1 heterocycles. The van der Waals surface area contributed by atoms with Crippen molar-refractivity contribution >= 4 is 5.91 Å². The zero-order valence-corrected chi connectivity index (χ0v) is 11.0. The van der Waals surface area contributed by atoms with Gasteiger partial charge in [0.15, 0.2) is 0 Å². The van der Waals surface area contributed by atoms with E-state index in [4.69, 9.17) is 0 Å². The number of rotatable bonds is 2. The van der Waals surface area contributed by atoms with Crippen molar-refractivity contribution in [3.8, 4) is 0 Å². The maximum Gasteiger partial charge on any atom is 0.237 e. The monoisotopic (exact) mass is 251 g/mol. The molecule has 1 aliphatic heterocycles. The highest BCUT2D eigenvalue weighted by Gasteiger charge is 2.47. The van der Waals surface area contributed by atoms with Gasteiger partial charge in [-0.15, -0.1) is 0 Å². The minimum atomic E-state index is -0.503. The highest BCUT2D eigenvalue weighted by Crippen LogP contribution is 2.41. The first-order valence-corrected chi connectivity index (χ1v) is 6.62. The quantitative estimate of drug-likeness (QED) is 0.803. The van der Waals surface area contributed by atoms with Gasteiger partial charge in [-0.1, -0.05) is 60.7 Å². The van der Waals surface area contributed by atoms with E-state index in [2.05, 4.69) is 24.3 Å². The SMILES string of the molecule is CN1CCC(c2ccccc2)(c2ccccc2)C1=O. The fourth-order valence-corrected chi connectivity index (χ4v) is 3.02. The lowest BCUT2D eigenvalue weighted by Crippen LogP contribution is -2.37. The minimum absolute atomic E-state index is 0.199. The Hall–Kier alpha value is -2.09. The molecule has 0 spiro atoms. The number of hydrogen-bond donors (Lipinski definition) is 0. The Balaban J connectivity index is 2.21. The molecule has 0 radical (unpaired) electrons. The van der Waals surface area contributed by atoms with Crippen LogP contribution in [0.2, 0.25) is 0 Å². The smallest absolute Gasteiger partial charge is 0.237 e. The Morgan fingerprint density at radius 2 is 1.37 bits per heavy atom. The van der Waals surface area contributed by atoms with Gasteiger partial charge in [0.25, 0.3) is 0 Å². The molecule has 2 aromatic carbocycles. The topological polar surface area (TPSA) is 20.3 Å². The van der Waals surface area contributed by atoms with Crippen molar-refractivity contribution in [2.45, 2.75) is 11.8 Å². The fraction of sp³-hybridized carbons (Fsp3) is 0.235. The third-order valence-electron chi connectivity index (χ3n) is 4.07. The number of amides is 1. The maximum atomic E-state index is 12.8. The second-order valence-corrected chi connectivity index (χ2v) is 5.11. The Bertz CT molecular complexity index is 537. The van der Waals surface area contributed by atoms with Crippen molar-refractivity contribution in [3.05, 3.63) is 71.8 Å². The van der Waals surface area contributed by atoms with Crippen LogP contribution in [0.3, 0.4) is 0 Å². The van der Waals surface area contributed by atoms with E-state index < -0.39 is 5.41 Å². The molecular formula is C17H17NO. The summed E-state index contributed by atoms with van der Waals surface area (Å²) < 4.78 is 0. The normalized spacial score (nSPS) is 17.7. The molecule has 2 aromatic rings. The second kappa shape index (κ2) is 4.54. The van der Waals surface area contributed by atoms with E-state index in [9.17, 15) is 4.79 Å². The van der Waals surface area contributed by atoms with E-state index in [0.717, 1.165) is 24.1 Å². The number of carbonyl (C=O) groups excluding carboxylic acids is 1. The number of likely N-dealkylation sites (tertiary alicyclic amines) is 1. The Morgan fingerprint density at radius 1 is 0.895 bits per heavy atom. The van der Waals surface area contributed by atoms with E-state index in [0.29, 0.717) is 0 Å². The van der Waals surface area contributed by atoms with E-state index in [1.807, 2.05) is 48.3 Å². The van der Waals surface area contributed by atoms with E-state index >= 15 is 0 Å². The number of hydrogen-bond acceptors (Lipinski definition) is 1. The molecular weight excluding hydrogens is 234 g/mol. The number of likely N-dealkylation sites (N-methyl/N-ethyl adjacent to an activating group) is 1. The molecule has 0 aliphatic carbocycles. The van der Waals surface area contributed by atoms with Crippen LogP contribution < -0.4 is 0 Å². The van der Waals surface area contributed by atoms with Crippen LogP contribution in [0.15, 0.2) is 60.7 Å². The molecule has 1 fully saturated rings. The zero-order chi connectivity index (χ0) is 13.3. The van der Waals surface area contributed by atoms with Crippen LogP contribution >= 0.6 is 0 Å². The lowest BCUT2D eigenvalue weighted by molar-refractivity contribution is -0.130. The summed E-state index contributed by atoms with van der Waals surface area (Å²) in [5, 5.41) is 0. The summed E-state index contributed by atoms with van der Waals surface area (Å²) in [7, 11) is 1.88. The average molecular weight is 251 g/mol. The van der Waals surface area contributed by atoms with E-state index in [1.54, 1.807) is 0 Å². The van der Waals surface area contributed by atoms with Crippen molar-refractivity contribution in [3.63, 3.8) is 0 Å². The van der Waals surface area contributed by atoms with Gasteiger partial charge < -0.3 is 4.90 Å². The summed E-state index contributed by atoms with van der Waals surface area (Å²) in [6.07, 6.45) is 0.844. The fourth-order valence-electron chi connectivity index (χ4n) is 3.02. The molecule has 96 valence electrons. The van der Waals surface area contributed by atoms with Crippen LogP contribution in [0.25, 0.3) is 0 Å². The van der Waals surface area contributed by atoms with E-state index in [1.165, 1.54) is 0 Å². The Morgan fingerprint density at radius 3 is 1.74 bits per heavy atom. The van der Waals surface area contributed by atoms with Crippen LogP contribution in [0, 0.1) is 0 Å². The predicted octanol–water partition coefficient (Wildman–Crippen LogP) is 2.83. The van der Waals surface area contributed by atoms with Crippen molar-refractivity contribution < 1.29 is 4.79 Å². The average Bonchev–Trinajstić information content (AvgIpc) is 2.78. The molecule has 1 aliphatic rings. The highest BCUT2D eigenvalue weighted by atomic mass is 16.2. The molecule has 1 saturated heterocycles. The first kappa shape index (κ1) is 12.0. The van der Waals surface area contributed by atoms with Crippen LogP contribution in [0.4, 0.5) is 0 Å². The number of nitrogens with zero attached hydrogens (tertiary/aromatic N) is 1. The highest BCUT2D eigenvalue weighted by molar-refractivity contribution is 5.94. The second-order valence-electron chi connectivity index (χ2n) is 5.11. The van der Waals surface area contributed by atoms with Gasteiger partial charge in [0.1, 0.15) is 5.41 Å². The molecule has 1 amide bonds. The van der Waals surface area contributed by atoms with Crippen LogP contribution in [-0.2, 0) is 10.2 Å². The molecule has 0 atom stereocenters. The summed E-state index contributed by atoms with van der Waals surface area (Å²) >= 11 is 0. The molecule has 2 heteroatoms. The largest absolute Gasteiger partial charge is 0.345 e. The molecule has 0 unspecified atom stereocenters. The predicted molar refractivity (Wildman–Crippen MR) is 75.9 cm³/mol. The van der Waals surface area contributed by atoms with Gasteiger partial charge in [-0.3, -0.25) is 4.79 Å². The molecule has 3 rings (SSSR count). The summed E-state index contributed by atoms with van der Waals surface area (Å²) in [5.74, 6) is 0.199. The molecule has 2 nitrogen and oxygen atoms in total. The van der Waals surface area contributed by atoms with Gasteiger partial charge in [0, 0.05) is 13.6 Å². The third-order valence-corrected chi connectivity index (χ3v) is 4.07. The van der Waals surface area contributed by atoms with Crippen LogP contribution in [0.5, 0.6) is 0 Å². The first-order valence-electron chi connectivity index (χ1n) is 6.62. The molecule has 19 heavy (non-hydrogen) atoms. The van der Waals surface area contributed by atoms with Gasteiger partial charge >= 0.3 is 0 Å². The third kappa shape index (κ3) is 1.75. The summed E-state index contributed by atoms with van der Waals surface area (Å²) in [5.41, 5.74) is 1.68. The maximum absolute atomic E-state index is 12.8. The summed E-state index contributed by atoms with van der Waals surface area (Å²) in [4.78, 5) is 14.6. The Labute approximate surface area is 113 Å². The standard InChI is InChI=1S/C17H17NO/c1-18-13-12-17(16(18)19,14-8-4-2-5-9-14)15-10-6-3-7-11-15/h2-11H,12-13H2,1H3. The lowest BCUT2D eigenvalue weighted by atomic mass is 9.73. The zero-order valence-electron chi connectivity index (χ0n) is 11.0. The summed E-state index contributed by atoms with van der Waals surface area (Å²) in [6.45, 7) is 0.808. The first-order chi connectivity index (χ1) is 9.25. The van der Waals surface area contributed by atoms with Gasteiger partial charge in [-0.25, -0.2) is 0 Å². The van der Waals surface area contributed by atoms with Crippen LogP contribution in [0.1, 0.15) is 17.5 Å². The van der Waals surface area contributed by atoms with Gasteiger partial charge in [0.05, 0.1) is 0 Å². The number of benzene rings is 2. The van der Waals surface area contributed by atoms with Crippen molar-refractivity contribution in [1.29, 1.82) is 0 Å². The molecule has 0 saturated carbocycles. The molecule has 0 N–H and O–H groups in total. The van der Waals surface area contributed by atoms with Crippen molar-refractivity contribution in [2.75, 3.05) is 13.6 Å². The molecule has 0 bridgehead atoms. The van der Waals surface area contributed by atoms with E-state index in [-0.39, 0.29) is 5.91 Å². The number of carbonyl (C=O) groups is 1. The van der Waals surface area contributed by atoms with Gasteiger partial charge in [-0.2, -0.15) is 0 Å². The minimum Gasteiger partial charge on any atom is -0.345 e. The van der Waals surface area contributed by atoms with Gasteiger partial charge in [-0.05, 0) is 17.5 Å². The summed E-state index contributed by atoms with van der Waals surface area (Å²) in [6, 6.07) is 20.2. The van der Waals surface area contributed by atoms with Crippen LogP contribution in [-0.4, -0.2) is 24.4 Å². The lowest BCUT2D eigenvalue weighted by Gasteiger charge is -2.28. The van der Waals surface area contributed by atoms with Crippen molar-refractivity contribution in [2.24, 2.45) is 0 Å². The molecule has 0 aromatic heterocycles. The van der Waals surface area contributed by atoms with Gasteiger partial charge in [0.2, 0.25) is 5.91 Å². The Kier molecular flexibility index (Phi) is 2.86.